The van der Waals surface area contributed by atoms with E-state index in [1.165, 1.54) is 0 Å². The second-order valence-electron chi connectivity index (χ2n) is 4.81. The van der Waals surface area contributed by atoms with Crippen molar-refractivity contribution in [1.29, 1.82) is 5.26 Å². The van der Waals surface area contributed by atoms with Gasteiger partial charge in [-0.1, -0.05) is 19.9 Å². The molecule has 0 rings (SSSR count). The first kappa shape index (κ1) is 13.7. The number of carbonyl (C=O) groups is 1. The monoisotopic (exact) mass is 209 g/mol. The lowest BCUT2D eigenvalue weighted by Gasteiger charge is -2.19. The summed E-state index contributed by atoms with van der Waals surface area (Å²) >= 11 is 0. The fraction of sp³-hybridized carbons (Fsp3) is 0.667. The molecule has 0 fully saturated rings. The fourth-order valence-electron chi connectivity index (χ4n) is 1.07. The number of nitriles is 1. The lowest BCUT2D eigenvalue weighted by atomic mass is 10.1. The van der Waals surface area contributed by atoms with Crippen LogP contribution in [0.25, 0.3) is 0 Å². The van der Waals surface area contributed by atoms with Gasteiger partial charge in [0.15, 0.2) is 0 Å². The number of esters is 1. The summed E-state index contributed by atoms with van der Waals surface area (Å²) in [5, 5.41) is 8.80. The highest BCUT2D eigenvalue weighted by Crippen LogP contribution is 2.12. The Balaban J connectivity index is 4.35. The van der Waals surface area contributed by atoms with E-state index < -0.39 is 5.60 Å². The maximum absolute atomic E-state index is 11.4. The summed E-state index contributed by atoms with van der Waals surface area (Å²) in [4.78, 5) is 11.4. The molecule has 0 aromatic rings. The van der Waals surface area contributed by atoms with Gasteiger partial charge in [0.1, 0.15) is 5.60 Å². The Morgan fingerprint density at radius 2 is 2.00 bits per heavy atom. The van der Waals surface area contributed by atoms with Crippen LogP contribution in [0, 0.1) is 17.2 Å². The smallest absolute Gasteiger partial charge is 0.311 e. The second-order valence-corrected chi connectivity index (χ2v) is 4.81. The van der Waals surface area contributed by atoms with E-state index in [1.54, 1.807) is 6.08 Å². The summed E-state index contributed by atoms with van der Waals surface area (Å²) < 4.78 is 5.12. The van der Waals surface area contributed by atoms with Gasteiger partial charge in [0, 0.05) is 5.57 Å². The minimum Gasteiger partial charge on any atom is -0.460 e. The number of hydrogen-bond donors (Lipinski definition) is 0. The van der Waals surface area contributed by atoms with Gasteiger partial charge in [-0.05, 0) is 26.7 Å². The van der Waals surface area contributed by atoms with Crippen molar-refractivity contribution in [2.75, 3.05) is 0 Å². The molecule has 0 aliphatic heterocycles. The largest absolute Gasteiger partial charge is 0.460 e. The van der Waals surface area contributed by atoms with Crippen LogP contribution in [0.4, 0.5) is 0 Å². The third kappa shape index (κ3) is 7.75. The molecule has 0 radical (unpaired) electrons. The van der Waals surface area contributed by atoms with Crippen molar-refractivity contribution in [2.45, 2.75) is 46.6 Å². The van der Waals surface area contributed by atoms with Crippen LogP contribution in [0.15, 0.2) is 11.6 Å². The van der Waals surface area contributed by atoms with E-state index in [4.69, 9.17) is 10.00 Å². The van der Waals surface area contributed by atoms with E-state index >= 15 is 0 Å². The second kappa shape index (κ2) is 5.55. The van der Waals surface area contributed by atoms with E-state index in [1.807, 2.05) is 40.7 Å². The van der Waals surface area contributed by atoms with Crippen LogP contribution < -0.4 is 0 Å². The minimum absolute atomic E-state index is 0.0615. The maximum atomic E-state index is 11.4. The molecule has 0 saturated carbocycles. The van der Waals surface area contributed by atoms with Gasteiger partial charge in [-0.3, -0.25) is 4.79 Å². The van der Waals surface area contributed by atoms with Gasteiger partial charge in [0.2, 0.25) is 0 Å². The van der Waals surface area contributed by atoms with Gasteiger partial charge < -0.3 is 4.74 Å². The molecule has 0 heterocycles. The van der Waals surface area contributed by atoms with Crippen molar-refractivity contribution in [3.05, 3.63) is 11.6 Å². The molecule has 0 bridgehead atoms. The Morgan fingerprint density at radius 1 is 1.47 bits per heavy atom. The minimum atomic E-state index is -0.491. The number of allylic oxidation sites excluding steroid dienone is 1. The van der Waals surface area contributed by atoms with E-state index in [-0.39, 0.29) is 18.3 Å². The molecule has 0 N–H and O–H groups in total. The van der Waals surface area contributed by atoms with Gasteiger partial charge in [-0.15, -0.1) is 0 Å². The highest BCUT2D eigenvalue weighted by Gasteiger charge is 2.17. The molecule has 0 aromatic heterocycles. The third-order valence-corrected chi connectivity index (χ3v) is 1.43. The molecule has 0 spiro atoms. The molecule has 0 unspecified atom stereocenters. The Hall–Kier alpha value is -1.30. The van der Waals surface area contributed by atoms with Crippen LogP contribution in [-0.4, -0.2) is 11.6 Å². The molecular formula is C12H19NO2. The van der Waals surface area contributed by atoms with Crippen molar-refractivity contribution < 1.29 is 9.53 Å². The van der Waals surface area contributed by atoms with Crippen molar-refractivity contribution in [3.8, 4) is 6.07 Å². The molecule has 0 saturated heterocycles. The summed E-state index contributed by atoms with van der Waals surface area (Å²) in [5.74, 6) is -0.0852. The van der Waals surface area contributed by atoms with Gasteiger partial charge in [-0.25, -0.2) is 0 Å². The van der Waals surface area contributed by atoms with Crippen LogP contribution in [0.2, 0.25) is 0 Å². The number of hydrogen-bond acceptors (Lipinski definition) is 3. The number of ether oxygens (including phenoxy) is 1. The molecule has 3 heteroatoms. The first-order valence-electron chi connectivity index (χ1n) is 5.07. The molecule has 3 nitrogen and oxygen atoms in total. The van der Waals surface area contributed by atoms with Crippen LogP contribution in [0.3, 0.4) is 0 Å². The van der Waals surface area contributed by atoms with E-state index in [0.29, 0.717) is 5.57 Å². The first-order valence-corrected chi connectivity index (χ1v) is 5.07. The van der Waals surface area contributed by atoms with Crippen molar-refractivity contribution in [2.24, 2.45) is 5.92 Å². The van der Waals surface area contributed by atoms with Gasteiger partial charge in [-0.2, -0.15) is 5.26 Å². The Labute approximate surface area is 91.7 Å². The topological polar surface area (TPSA) is 50.1 Å². The number of nitrogens with zero attached hydrogens (tertiary/aromatic N) is 1. The summed E-state index contributed by atoms with van der Waals surface area (Å²) in [6.45, 7) is 9.36. The lowest BCUT2D eigenvalue weighted by Crippen LogP contribution is -2.23. The van der Waals surface area contributed by atoms with Crippen molar-refractivity contribution >= 4 is 5.97 Å². The zero-order chi connectivity index (χ0) is 12.1. The fourth-order valence-corrected chi connectivity index (χ4v) is 1.07. The van der Waals surface area contributed by atoms with Crippen LogP contribution in [-0.2, 0) is 9.53 Å². The average molecular weight is 209 g/mol. The molecule has 84 valence electrons. The zero-order valence-corrected chi connectivity index (χ0v) is 10.1. The van der Waals surface area contributed by atoms with Crippen LogP contribution in [0.5, 0.6) is 0 Å². The van der Waals surface area contributed by atoms with E-state index in [9.17, 15) is 4.79 Å². The standard InChI is InChI=1S/C12H19NO2/c1-9(2)6-10(8-13)7-11(14)15-12(3,4)5/h6,9H,7H2,1-5H3. The summed E-state index contributed by atoms with van der Waals surface area (Å²) in [7, 11) is 0. The van der Waals surface area contributed by atoms with E-state index in [0.717, 1.165) is 0 Å². The van der Waals surface area contributed by atoms with Crippen LogP contribution in [0.1, 0.15) is 41.0 Å². The highest BCUT2D eigenvalue weighted by molar-refractivity contribution is 5.74. The molecule has 0 amide bonds. The Bertz CT molecular complexity index is 290. The predicted octanol–water partition coefficient (Wildman–Crippen LogP) is 2.82. The SMILES string of the molecule is CC(C)C=C(C#N)CC(=O)OC(C)(C)C. The van der Waals surface area contributed by atoms with Crippen molar-refractivity contribution in [1.82, 2.24) is 0 Å². The quantitative estimate of drug-likeness (QED) is 0.530. The average Bonchev–Trinajstić information content (AvgIpc) is 1.98. The van der Waals surface area contributed by atoms with Crippen LogP contribution >= 0.6 is 0 Å². The number of rotatable bonds is 3. The Kier molecular flexibility index (Phi) is 5.07. The summed E-state index contributed by atoms with van der Waals surface area (Å²) in [6.07, 6.45) is 1.84. The summed E-state index contributed by atoms with van der Waals surface area (Å²) in [5.41, 5.74) is -0.0191. The number of carbonyl (C=O) groups excluding carboxylic acids is 1. The normalized spacial score (nSPS) is 12.5. The van der Waals surface area contributed by atoms with Gasteiger partial charge >= 0.3 is 5.97 Å². The molecule has 0 aliphatic carbocycles. The highest BCUT2D eigenvalue weighted by atomic mass is 16.6. The lowest BCUT2D eigenvalue weighted by molar-refractivity contribution is -0.153. The first-order chi connectivity index (χ1) is 6.74. The third-order valence-electron chi connectivity index (χ3n) is 1.43. The molecular weight excluding hydrogens is 190 g/mol. The Morgan fingerprint density at radius 3 is 2.33 bits per heavy atom. The molecule has 0 aliphatic rings. The summed E-state index contributed by atoms with van der Waals surface area (Å²) in [6, 6.07) is 2.01. The van der Waals surface area contributed by atoms with Crippen molar-refractivity contribution in [3.63, 3.8) is 0 Å². The predicted molar refractivity (Wildman–Crippen MR) is 59.0 cm³/mol. The molecule has 0 aromatic carbocycles. The van der Waals surface area contributed by atoms with Gasteiger partial charge in [0.05, 0.1) is 12.5 Å². The molecule has 0 atom stereocenters. The van der Waals surface area contributed by atoms with Gasteiger partial charge in [0.25, 0.3) is 0 Å². The zero-order valence-electron chi connectivity index (χ0n) is 10.1. The van der Waals surface area contributed by atoms with E-state index in [2.05, 4.69) is 0 Å². The molecule has 15 heavy (non-hydrogen) atoms. The maximum Gasteiger partial charge on any atom is 0.311 e.